The summed E-state index contributed by atoms with van der Waals surface area (Å²) in [7, 11) is 1.36. The number of benzene rings is 2. The lowest BCUT2D eigenvalue weighted by Gasteiger charge is -2.11. The van der Waals surface area contributed by atoms with Gasteiger partial charge in [0, 0.05) is 12.1 Å². The highest BCUT2D eigenvalue weighted by molar-refractivity contribution is 7.20. The number of aliphatic carboxylic acids is 1. The Labute approximate surface area is 141 Å². The van der Waals surface area contributed by atoms with E-state index in [-0.39, 0.29) is 0 Å². The van der Waals surface area contributed by atoms with Crippen molar-refractivity contribution in [1.82, 2.24) is 4.98 Å². The highest BCUT2D eigenvalue weighted by atomic mass is 35.5. The van der Waals surface area contributed by atoms with E-state index in [9.17, 15) is 4.79 Å². The molecule has 2 aromatic carbocycles. The second kappa shape index (κ2) is 6.54. The standard InChI is InChI=1S/C16H12ClNO4S/c1-21-14(15(19)20)9-2-5-11(6-3-9)22-16-18-12-7-4-10(17)8-13(12)23-16/h2-8,14H,1H3,(H,19,20). The number of fused-ring (bicyclic) bond motifs is 1. The average molecular weight is 350 g/mol. The molecule has 1 atom stereocenters. The Morgan fingerprint density at radius 3 is 2.65 bits per heavy atom. The maximum atomic E-state index is 11.1. The van der Waals surface area contributed by atoms with Gasteiger partial charge in [-0.25, -0.2) is 9.78 Å². The second-order valence-electron chi connectivity index (χ2n) is 4.72. The number of rotatable bonds is 5. The van der Waals surface area contributed by atoms with E-state index in [2.05, 4.69) is 4.98 Å². The molecule has 1 heterocycles. The molecule has 0 saturated carbocycles. The van der Waals surface area contributed by atoms with Crippen molar-refractivity contribution in [2.24, 2.45) is 0 Å². The molecule has 0 fully saturated rings. The fourth-order valence-electron chi connectivity index (χ4n) is 2.11. The smallest absolute Gasteiger partial charge is 0.337 e. The lowest BCUT2D eigenvalue weighted by Crippen LogP contribution is -2.13. The molecule has 3 aromatic rings. The van der Waals surface area contributed by atoms with Crippen LogP contribution in [0.5, 0.6) is 10.9 Å². The van der Waals surface area contributed by atoms with Crippen molar-refractivity contribution in [3.05, 3.63) is 53.1 Å². The molecule has 0 radical (unpaired) electrons. The fourth-order valence-corrected chi connectivity index (χ4v) is 3.22. The highest BCUT2D eigenvalue weighted by Crippen LogP contribution is 2.33. The second-order valence-corrected chi connectivity index (χ2v) is 6.15. The van der Waals surface area contributed by atoms with Crippen LogP contribution in [0.2, 0.25) is 5.02 Å². The lowest BCUT2D eigenvalue weighted by molar-refractivity contribution is -0.148. The minimum absolute atomic E-state index is 0.497. The first-order valence-electron chi connectivity index (χ1n) is 6.66. The molecule has 3 rings (SSSR count). The number of hydrogen-bond donors (Lipinski definition) is 1. The molecule has 0 aliphatic rings. The van der Waals surface area contributed by atoms with Crippen LogP contribution in [0.15, 0.2) is 42.5 Å². The van der Waals surface area contributed by atoms with E-state index in [4.69, 9.17) is 26.2 Å². The van der Waals surface area contributed by atoms with E-state index in [1.165, 1.54) is 18.4 Å². The first kappa shape index (κ1) is 15.7. The summed E-state index contributed by atoms with van der Waals surface area (Å²) in [6.45, 7) is 0. The normalized spacial score (nSPS) is 12.3. The summed E-state index contributed by atoms with van der Waals surface area (Å²) < 4.78 is 11.6. The van der Waals surface area contributed by atoms with E-state index >= 15 is 0 Å². The van der Waals surface area contributed by atoms with Gasteiger partial charge in [0.15, 0.2) is 6.10 Å². The summed E-state index contributed by atoms with van der Waals surface area (Å²) >= 11 is 7.34. The number of carboxylic acid groups (broad SMARTS) is 1. The maximum absolute atomic E-state index is 11.1. The molecule has 0 spiro atoms. The summed E-state index contributed by atoms with van der Waals surface area (Å²) in [5, 5.41) is 10.2. The van der Waals surface area contributed by atoms with Crippen molar-refractivity contribution >= 4 is 39.1 Å². The fraction of sp³-hybridized carbons (Fsp3) is 0.125. The van der Waals surface area contributed by atoms with Crippen LogP contribution < -0.4 is 4.74 Å². The summed E-state index contributed by atoms with van der Waals surface area (Å²) in [5.74, 6) is -0.469. The van der Waals surface area contributed by atoms with Gasteiger partial charge in [-0.1, -0.05) is 35.1 Å². The Morgan fingerprint density at radius 1 is 1.26 bits per heavy atom. The van der Waals surface area contributed by atoms with Crippen LogP contribution in [0.4, 0.5) is 0 Å². The van der Waals surface area contributed by atoms with Crippen LogP contribution in [0, 0.1) is 0 Å². The monoisotopic (exact) mass is 349 g/mol. The third-order valence-corrected chi connectivity index (χ3v) is 4.31. The Bertz CT molecular complexity index is 847. The zero-order valence-corrected chi connectivity index (χ0v) is 13.6. The third kappa shape index (κ3) is 3.44. The highest BCUT2D eigenvalue weighted by Gasteiger charge is 2.18. The summed E-state index contributed by atoms with van der Waals surface area (Å²) in [6.07, 6.45) is -0.992. The van der Waals surface area contributed by atoms with Gasteiger partial charge in [-0.3, -0.25) is 0 Å². The van der Waals surface area contributed by atoms with Crippen molar-refractivity contribution in [3.63, 3.8) is 0 Å². The number of thiazole rings is 1. The first-order valence-corrected chi connectivity index (χ1v) is 7.86. The molecule has 23 heavy (non-hydrogen) atoms. The Morgan fingerprint density at radius 2 is 2.00 bits per heavy atom. The largest absolute Gasteiger partial charge is 0.479 e. The zero-order valence-electron chi connectivity index (χ0n) is 12.0. The molecule has 1 aromatic heterocycles. The van der Waals surface area contributed by atoms with Crippen molar-refractivity contribution in [2.45, 2.75) is 6.10 Å². The van der Waals surface area contributed by atoms with Gasteiger partial charge in [0.05, 0.1) is 10.2 Å². The van der Waals surface area contributed by atoms with Crippen LogP contribution in [0.3, 0.4) is 0 Å². The third-order valence-electron chi connectivity index (χ3n) is 3.18. The number of methoxy groups -OCH3 is 1. The molecule has 0 amide bonds. The number of aromatic nitrogens is 1. The number of carbonyl (C=O) groups is 1. The van der Waals surface area contributed by atoms with Crippen LogP contribution >= 0.6 is 22.9 Å². The molecule has 0 aliphatic heterocycles. The minimum atomic E-state index is -1.04. The number of nitrogens with zero attached hydrogens (tertiary/aromatic N) is 1. The predicted molar refractivity (Wildman–Crippen MR) is 88.5 cm³/mol. The van der Waals surface area contributed by atoms with Crippen LogP contribution in [-0.2, 0) is 9.53 Å². The molecule has 0 aliphatic carbocycles. The van der Waals surface area contributed by atoms with Gasteiger partial charge in [0.25, 0.3) is 5.19 Å². The molecule has 0 saturated heterocycles. The molecule has 1 N–H and O–H groups in total. The van der Waals surface area contributed by atoms with Crippen LogP contribution in [0.1, 0.15) is 11.7 Å². The van der Waals surface area contributed by atoms with E-state index < -0.39 is 12.1 Å². The average Bonchev–Trinajstić information content (AvgIpc) is 2.90. The first-order chi connectivity index (χ1) is 11.1. The summed E-state index contributed by atoms with van der Waals surface area (Å²) in [5.41, 5.74) is 1.36. The van der Waals surface area contributed by atoms with Gasteiger partial charge in [0.1, 0.15) is 5.75 Å². The molecular formula is C16H12ClNO4S. The van der Waals surface area contributed by atoms with Gasteiger partial charge in [0.2, 0.25) is 0 Å². The molecule has 5 nitrogen and oxygen atoms in total. The SMILES string of the molecule is COC(C(=O)O)c1ccc(Oc2nc3ccc(Cl)cc3s2)cc1. The molecule has 118 valence electrons. The van der Waals surface area contributed by atoms with Crippen molar-refractivity contribution in [1.29, 1.82) is 0 Å². The van der Waals surface area contributed by atoms with Gasteiger partial charge in [-0.05, 0) is 35.9 Å². The Balaban J connectivity index is 1.80. The maximum Gasteiger partial charge on any atom is 0.337 e. The van der Waals surface area contributed by atoms with Gasteiger partial charge in [-0.15, -0.1) is 0 Å². The quantitative estimate of drug-likeness (QED) is 0.733. The number of ether oxygens (including phenoxy) is 2. The minimum Gasteiger partial charge on any atom is -0.479 e. The van der Waals surface area contributed by atoms with E-state index in [0.717, 1.165) is 10.2 Å². The van der Waals surface area contributed by atoms with Crippen LogP contribution in [0.25, 0.3) is 10.2 Å². The van der Waals surface area contributed by atoms with Crippen molar-refractivity contribution < 1.29 is 19.4 Å². The van der Waals surface area contributed by atoms with E-state index in [0.29, 0.717) is 21.5 Å². The predicted octanol–water partition coefficient (Wildman–Crippen LogP) is 4.51. The van der Waals surface area contributed by atoms with E-state index in [1.807, 2.05) is 12.1 Å². The molecular weight excluding hydrogens is 338 g/mol. The van der Waals surface area contributed by atoms with Gasteiger partial charge >= 0.3 is 5.97 Å². The molecule has 1 unspecified atom stereocenters. The zero-order chi connectivity index (χ0) is 16.4. The summed E-state index contributed by atoms with van der Waals surface area (Å²) in [4.78, 5) is 15.4. The van der Waals surface area contributed by atoms with Crippen molar-refractivity contribution in [2.75, 3.05) is 7.11 Å². The molecule has 7 heteroatoms. The Kier molecular flexibility index (Phi) is 4.47. The Hall–Kier alpha value is -2.15. The number of carboxylic acids is 1. The lowest BCUT2D eigenvalue weighted by atomic mass is 10.1. The molecule has 0 bridgehead atoms. The van der Waals surface area contributed by atoms with Crippen LogP contribution in [-0.4, -0.2) is 23.2 Å². The van der Waals surface area contributed by atoms with Gasteiger partial charge < -0.3 is 14.6 Å². The van der Waals surface area contributed by atoms with Crippen molar-refractivity contribution in [3.8, 4) is 10.9 Å². The summed E-state index contributed by atoms with van der Waals surface area (Å²) in [6, 6.07) is 12.1. The van der Waals surface area contributed by atoms with E-state index in [1.54, 1.807) is 30.3 Å². The van der Waals surface area contributed by atoms with Gasteiger partial charge in [-0.2, -0.15) is 0 Å². The number of hydrogen-bond acceptors (Lipinski definition) is 5. The number of halogens is 1. The topological polar surface area (TPSA) is 68.7 Å².